The Morgan fingerprint density at radius 2 is 2.23 bits per heavy atom. The lowest BCUT2D eigenvalue weighted by molar-refractivity contribution is 1.23. The molecule has 0 amide bonds. The highest BCUT2D eigenvalue weighted by Crippen LogP contribution is 2.09. The van der Waals surface area contributed by atoms with Gasteiger partial charge in [0.2, 0.25) is 0 Å². The Balaban J connectivity index is 2.82. The Hall–Kier alpha value is -1.84. The van der Waals surface area contributed by atoms with Crippen molar-refractivity contribution in [3.05, 3.63) is 34.7 Å². The number of nitrogens with one attached hydrogen (secondary N) is 2. The van der Waals surface area contributed by atoms with Gasteiger partial charge in [-0.05, 0) is 18.2 Å². The van der Waals surface area contributed by atoms with E-state index in [2.05, 4.69) is 15.3 Å². The van der Waals surface area contributed by atoms with Gasteiger partial charge >= 0.3 is 0 Å². The van der Waals surface area contributed by atoms with Crippen LogP contribution in [0.3, 0.4) is 0 Å². The van der Waals surface area contributed by atoms with Crippen molar-refractivity contribution in [3.8, 4) is 0 Å². The molecule has 0 aliphatic heterocycles. The minimum Gasteiger partial charge on any atom is -0.373 e. The lowest BCUT2D eigenvalue weighted by atomic mass is 10.2. The van der Waals surface area contributed by atoms with Crippen molar-refractivity contribution in [2.24, 2.45) is 0 Å². The van der Waals surface area contributed by atoms with Crippen LogP contribution in [0.2, 0.25) is 0 Å². The molecule has 13 heavy (non-hydrogen) atoms. The highest BCUT2D eigenvalue weighted by Gasteiger charge is 1.99. The lowest BCUT2D eigenvalue weighted by Gasteiger charge is -1.99. The second-order valence-corrected chi connectivity index (χ2v) is 2.69. The monoisotopic (exact) mass is 175 g/mol. The predicted octanol–water partition coefficient (Wildman–Crippen LogP) is 0.965. The molecule has 0 fully saturated rings. The van der Waals surface area contributed by atoms with Gasteiger partial charge in [-0.1, -0.05) is 0 Å². The first-order valence-electron chi connectivity index (χ1n) is 3.97. The zero-order chi connectivity index (χ0) is 9.26. The Morgan fingerprint density at radius 1 is 1.38 bits per heavy atom. The van der Waals surface area contributed by atoms with Crippen LogP contribution in [0.1, 0.15) is 0 Å². The van der Waals surface area contributed by atoms with Gasteiger partial charge in [0.15, 0.2) is 0 Å². The molecule has 2 aromatic rings. The van der Waals surface area contributed by atoms with E-state index in [0.29, 0.717) is 11.3 Å². The minimum absolute atomic E-state index is 0.158. The molecule has 4 heteroatoms. The maximum atomic E-state index is 11.3. The molecule has 0 radical (unpaired) electrons. The Bertz CT molecular complexity index is 489. The summed E-state index contributed by atoms with van der Waals surface area (Å²) in [7, 11) is 1.77. The molecule has 0 saturated carbocycles. The average Bonchev–Trinajstić information content (AvgIpc) is 2.18. The molecular formula is C9H9N3O. The molecule has 2 aromatic heterocycles. The summed E-state index contributed by atoms with van der Waals surface area (Å²) in [6.07, 6.45) is 1.62. The van der Waals surface area contributed by atoms with Crippen LogP contribution in [0.25, 0.3) is 10.9 Å². The second-order valence-electron chi connectivity index (χ2n) is 2.69. The highest BCUT2D eigenvalue weighted by molar-refractivity contribution is 5.78. The normalized spacial score (nSPS) is 10.2. The lowest BCUT2D eigenvalue weighted by Crippen LogP contribution is -2.07. The summed E-state index contributed by atoms with van der Waals surface area (Å²) in [5.41, 5.74) is 0.309. The number of aromatic amines is 1. The van der Waals surface area contributed by atoms with Crippen LogP contribution in [-0.2, 0) is 0 Å². The summed E-state index contributed by atoms with van der Waals surface area (Å²) in [5.74, 6) is 0.698. The number of fused-ring (bicyclic) bond motifs is 1. The maximum absolute atomic E-state index is 11.3. The van der Waals surface area contributed by atoms with Crippen molar-refractivity contribution < 1.29 is 0 Å². The fourth-order valence-corrected chi connectivity index (χ4v) is 1.20. The summed E-state index contributed by atoms with van der Waals surface area (Å²) < 4.78 is 0. The topological polar surface area (TPSA) is 57.8 Å². The van der Waals surface area contributed by atoms with Gasteiger partial charge in [0.25, 0.3) is 5.56 Å². The third kappa shape index (κ3) is 1.26. The van der Waals surface area contributed by atoms with Crippen molar-refractivity contribution in [1.29, 1.82) is 0 Å². The van der Waals surface area contributed by atoms with E-state index >= 15 is 0 Å². The molecule has 0 saturated heterocycles. The van der Waals surface area contributed by atoms with Gasteiger partial charge < -0.3 is 10.3 Å². The van der Waals surface area contributed by atoms with E-state index in [4.69, 9.17) is 0 Å². The molecule has 2 heterocycles. The maximum Gasteiger partial charge on any atom is 0.274 e. The van der Waals surface area contributed by atoms with Crippen molar-refractivity contribution in [2.45, 2.75) is 0 Å². The summed E-state index contributed by atoms with van der Waals surface area (Å²) >= 11 is 0. The molecule has 0 aromatic carbocycles. The molecule has 66 valence electrons. The van der Waals surface area contributed by atoms with E-state index in [1.54, 1.807) is 13.2 Å². The first-order valence-corrected chi connectivity index (χ1v) is 3.97. The summed E-state index contributed by atoms with van der Waals surface area (Å²) in [6.45, 7) is 0. The van der Waals surface area contributed by atoms with Gasteiger partial charge in [0.05, 0.1) is 0 Å². The van der Waals surface area contributed by atoms with Gasteiger partial charge in [-0.3, -0.25) is 4.79 Å². The number of aromatic nitrogens is 2. The summed E-state index contributed by atoms with van der Waals surface area (Å²) in [4.78, 5) is 18.0. The van der Waals surface area contributed by atoms with Crippen LogP contribution in [-0.4, -0.2) is 17.0 Å². The van der Waals surface area contributed by atoms with Crippen LogP contribution >= 0.6 is 0 Å². The van der Waals surface area contributed by atoms with E-state index in [-0.39, 0.29) is 5.56 Å². The smallest absolute Gasteiger partial charge is 0.274 e. The van der Waals surface area contributed by atoms with E-state index in [9.17, 15) is 4.79 Å². The van der Waals surface area contributed by atoms with Crippen LogP contribution in [0, 0.1) is 0 Å². The molecule has 2 N–H and O–H groups in total. The molecule has 0 atom stereocenters. The average molecular weight is 175 g/mol. The van der Waals surface area contributed by atoms with E-state index in [1.807, 2.05) is 18.2 Å². The van der Waals surface area contributed by atoms with Gasteiger partial charge in [-0.25, -0.2) is 4.98 Å². The van der Waals surface area contributed by atoms with Gasteiger partial charge in [0, 0.05) is 18.6 Å². The van der Waals surface area contributed by atoms with Crippen LogP contribution < -0.4 is 10.9 Å². The molecular weight excluding hydrogens is 166 g/mol. The zero-order valence-corrected chi connectivity index (χ0v) is 7.16. The first kappa shape index (κ1) is 7.79. The van der Waals surface area contributed by atoms with Gasteiger partial charge in [-0.15, -0.1) is 0 Å². The molecule has 4 nitrogen and oxygen atoms in total. The number of hydrogen-bond acceptors (Lipinski definition) is 3. The third-order valence-electron chi connectivity index (χ3n) is 1.87. The van der Waals surface area contributed by atoms with Crippen molar-refractivity contribution in [3.63, 3.8) is 0 Å². The van der Waals surface area contributed by atoms with Crippen LogP contribution in [0.15, 0.2) is 29.2 Å². The molecule has 0 aliphatic rings. The number of rotatable bonds is 1. The van der Waals surface area contributed by atoms with Crippen molar-refractivity contribution >= 4 is 16.7 Å². The fourth-order valence-electron chi connectivity index (χ4n) is 1.20. The van der Waals surface area contributed by atoms with Crippen molar-refractivity contribution in [2.75, 3.05) is 12.4 Å². The van der Waals surface area contributed by atoms with E-state index in [0.717, 1.165) is 5.39 Å². The number of anilines is 1. The highest BCUT2D eigenvalue weighted by atomic mass is 16.1. The van der Waals surface area contributed by atoms with Gasteiger partial charge in [0.1, 0.15) is 11.3 Å². The fraction of sp³-hybridized carbons (Fsp3) is 0.111. The standard InChI is InChI=1S/C9H9N3O/c1-10-7-3-2-6-4-5-11-9(13)8(6)12-7/h2-5H,1H3,(H,10,12)(H,11,13). The first-order chi connectivity index (χ1) is 6.31. The number of pyridine rings is 2. The number of H-pyrrole nitrogens is 1. The molecule has 0 spiro atoms. The Kier molecular flexibility index (Phi) is 1.73. The van der Waals surface area contributed by atoms with E-state index < -0.39 is 0 Å². The number of nitrogens with zero attached hydrogens (tertiary/aromatic N) is 1. The zero-order valence-electron chi connectivity index (χ0n) is 7.16. The quantitative estimate of drug-likeness (QED) is 0.678. The summed E-state index contributed by atoms with van der Waals surface area (Å²) in [6, 6.07) is 5.52. The molecule has 0 unspecified atom stereocenters. The second kappa shape index (κ2) is 2.90. The molecule has 2 rings (SSSR count). The van der Waals surface area contributed by atoms with Crippen LogP contribution in [0.4, 0.5) is 5.82 Å². The van der Waals surface area contributed by atoms with E-state index in [1.165, 1.54) is 0 Å². The third-order valence-corrected chi connectivity index (χ3v) is 1.87. The van der Waals surface area contributed by atoms with Gasteiger partial charge in [-0.2, -0.15) is 0 Å². The van der Waals surface area contributed by atoms with Crippen LogP contribution in [0.5, 0.6) is 0 Å². The SMILES string of the molecule is CNc1ccc2cc[nH]c(=O)c2n1. The predicted molar refractivity (Wildman–Crippen MR) is 51.9 cm³/mol. The molecule has 0 aliphatic carbocycles. The number of hydrogen-bond donors (Lipinski definition) is 2. The summed E-state index contributed by atoms with van der Waals surface area (Å²) in [5, 5.41) is 3.73. The largest absolute Gasteiger partial charge is 0.373 e. The molecule has 0 bridgehead atoms. The van der Waals surface area contributed by atoms with Crippen molar-refractivity contribution in [1.82, 2.24) is 9.97 Å². The minimum atomic E-state index is -0.158. The Morgan fingerprint density at radius 3 is 3.00 bits per heavy atom. The Labute approximate surface area is 74.6 Å².